The van der Waals surface area contributed by atoms with Gasteiger partial charge in [0.05, 0.1) is 6.04 Å². The van der Waals surface area contributed by atoms with Crippen LogP contribution in [0.2, 0.25) is 0 Å². The van der Waals surface area contributed by atoms with Crippen molar-refractivity contribution in [1.82, 2.24) is 20.0 Å². The molecule has 0 spiro atoms. The van der Waals surface area contributed by atoms with E-state index in [9.17, 15) is 0 Å². The molecule has 26 heavy (non-hydrogen) atoms. The number of aryl methyl sites for hydroxylation is 1. The van der Waals surface area contributed by atoms with Gasteiger partial charge in [0, 0.05) is 29.2 Å². The Morgan fingerprint density at radius 1 is 1.19 bits per heavy atom. The summed E-state index contributed by atoms with van der Waals surface area (Å²) in [5.41, 5.74) is 2.31. The summed E-state index contributed by atoms with van der Waals surface area (Å²) >= 11 is 0. The van der Waals surface area contributed by atoms with Crippen LogP contribution in [0.25, 0.3) is 22.3 Å². The van der Waals surface area contributed by atoms with Gasteiger partial charge in [-0.3, -0.25) is 0 Å². The molecule has 1 aliphatic heterocycles. The molecule has 3 heterocycles. The van der Waals surface area contributed by atoms with Gasteiger partial charge in [0.2, 0.25) is 11.7 Å². The van der Waals surface area contributed by atoms with E-state index in [2.05, 4.69) is 57.4 Å². The molecule has 1 unspecified atom stereocenters. The lowest BCUT2D eigenvalue weighted by molar-refractivity contribution is 0.345. The first-order valence-corrected chi connectivity index (χ1v) is 10.0. The van der Waals surface area contributed by atoms with E-state index in [4.69, 9.17) is 4.52 Å². The number of nitrogens with one attached hydrogen (secondary N) is 1. The van der Waals surface area contributed by atoms with Crippen LogP contribution in [0.5, 0.6) is 0 Å². The van der Waals surface area contributed by atoms with Crippen LogP contribution < -0.4 is 5.32 Å². The van der Waals surface area contributed by atoms with Crippen LogP contribution in [-0.2, 0) is 6.54 Å². The maximum absolute atomic E-state index is 5.53. The molecule has 1 aromatic carbocycles. The minimum absolute atomic E-state index is 0.211. The van der Waals surface area contributed by atoms with Crippen LogP contribution in [0.4, 0.5) is 0 Å². The van der Waals surface area contributed by atoms with Crippen molar-refractivity contribution < 1.29 is 4.52 Å². The maximum atomic E-state index is 5.53. The number of nitrogens with zero attached hydrogens (tertiary/aromatic N) is 3. The van der Waals surface area contributed by atoms with Crippen LogP contribution in [0.15, 0.2) is 35.0 Å². The van der Waals surface area contributed by atoms with E-state index in [1.807, 2.05) is 0 Å². The van der Waals surface area contributed by atoms with Gasteiger partial charge in [-0.25, -0.2) is 0 Å². The number of unbranched alkanes of at least 4 members (excludes halogenated alkanes) is 4. The van der Waals surface area contributed by atoms with E-state index in [0.29, 0.717) is 11.7 Å². The molecule has 138 valence electrons. The van der Waals surface area contributed by atoms with Gasteiger partial charge < -0.3 is 14.4 Å². The van der Waals surface area contributed by atoms with Crippen molar-refractivity contribution in [2.24, 2.45) is 0 Å². The van der Waals surface area contributed by atoms with Gasteiger partial charge in [-0.15, -0.1) is 0 Å². The summed E-state index contributed by atoms with van der Waals surface area (Å²) in [7, 11) is 0. The molecular formula is C21H28N4O. The summed E-state index contributed by atoms with van der Waals surface area (Å²) < 4.78 is 7.88. The standard InChI is InChI=1S/C21H28N4O/c1-2-3-4-5-6-14-25-15-12-16-17(9-7-11-19(16)25)20-23-21(26-24-20)18-10-8-13-22-18/h7,9,11-12,15,18,22H,2-6,8,10,13-14H2,1H3. The molecule has 0 bridgehead atoms. The van der Waals surface area contributed by atoms with E-state index in [0.717, 1.165) is 25.1 Å². The van der Waals surface area contributed by atoms with Crippen molar-refractivity contribution in [2.45, 2.75) is 64.5 Å². The fourth-order valence-corrected chi connectivity index (χ4v) is 3.88. The van der Waals surface area contributed by atoms with Crippen LogP contribution in [0.3, 0.4) is 0 Å². The molecule has 1 N–H and O–H groups in total. The number of aromatic nitrogens is 3. The van der Waals surface area contributed by atoms with Crippen LogP contribution in [0.1, 0.15) is 63.8 Å². The third-order valence-corrected chi connectivity index (χ3v) is 5.36. The van der Waals surface area contributed by atoms with Crippen molar-refractivity contribution >= 4 is 10.9 Å². The maximum Gasteiger partial charge on any atom is 0.244 e. The van der Waals surface area contributed by atoms with Gasteiger partial charge >= 0.3 is 0 Å². The summed E-state index contributed by atoms with van der Waals surface area (Å²) in [4.78, 5) is 4.67. The van der Waals surface area contributed by atoms with Gasteiger partial charge in [0.15, 0.2) is 0 Å². The molecule has 1 aliphatic rings. The van der Waals surface area contributed by atoms with Gasteiger partial charge in [-0.05, 0) is 37.9 Å². The summed E-state index contributed by atoms with van der Waals surface area (Å²) in [6.07, 6.45) is 10.9. The van der Waals surface area contributed by atoms with E-state index >= 15 is 0 Å². The number of hydrogen-bond acceptors (Lipinski definition) is 4. The third kappa shape index (κ3) is 3.54. The zero-order valence-corrected chi connectivity index (χ0v) is 15.6. The Kier molecular flexibility index (Phi) is 5.34. The third-order valence-electron chi connectivity index (χ3n) is 5.36. The predicted octanol–water partition coefficient (Wildman–Crippen LogP) is 5.09. The largest absolute Gasteiger partial charge is 0.347 e. The van der Waals surface area contributed by atoms with Crippen LogP contribution >= 0.6 is 0 Å². The molecule has 0 radical (unpaired) electrons. The second kappa shape index (κ2) is 8.04. The van der Waals surface area contributed by atoms with Crippen molar-refractivity contribution in [3.63, 3.8) is 0 Å². The lowest BCUT2D eigenvalue weighted by Crippen LogP contribution is -2.12. The highest BCUT2D eigenvalue weighted by Gasteiger charge is 2.23. The Labute approximate surface area is 154 Å². The molecular weight excluding hydrogens is 324 g/mol. The second-order valence-electron chi connectivity index (χ2n) is 7.27. The van der Waals surface area contributed by atoms with E-state index in [1.54, 1.807) is 0 Å². The minimum Gasteiger partial charge on any atom is -0.347 e. The van der Waals surface area contributed by atoms with Gasteiger partial charge in [-0.2, -0.15) is 4.98 Å². The summed E-state index contributed by atoms with van der Waals surface area (Å²) in [5.74, 6) is 1.41. The average Bonchev–Trinajstić information content (AvgIpc) is 3.41. The number of fused-ring (bicyclic) bond motifs is 1. The monoisotopic (exact) mass is 352 g/mol. The number of rotatable bonds is 8. The second-order valence-corrected chi connectivity index (χ2v) is 7.27. The fourth-order valence-electron chi connectivity index (χ4n) is 3.88. The zero-order valence-electron chi connectivity index (χ0n) is 15.6. The first kappa shape index (κ1) is 17.3. The fraction of sp³-hybridized carbons (Fsp3) is 0.524. The zero-order chi connectivity index (χ0) is 17.8. The summed E-state index contributed by atoms with van der Waals surface area (Å²) in [6, 6.07) is 8.76. The molecule has 4 rings (SSSR count). The molecule has 0 amide bonds. The highest BCUT2D eigenvalue weighted by Crippen LogP contribution is 2.30. The molecule has 3 aromatic rings. The minimum atomic E-state index is 0.211. The highest BCUT2D eigenvalue weighted by atomic mass is 16.5. The lowest BCUT2D eigenvalue weighted by atomic mass is 10.1. The predicted molar refractivity (Wildman–Crippen MR) is 104 cm³/mol. The van der Waals surface area contributed by atoms with Crippen molar-refractivity contribution in [3.8, 4) is 11.4 Å². The first-order chi connectivity index (χ1) is 12.9. The molecule has 0 saturated carbocycles. The first-order valence-electron chi connectivity index (χ1n) is 10.0. The Morgan fingerprint density at radius 3 is 2.96 bits per heavy atom. The van der Waals surface area contributed by atoms with E-state index < -0.39 is 0 Å². The molecule has 2 aromatic heterocycles. The molecule has 1 fully saturated rings. The molecule has 5 nitrogen and oxygen atoms in total. The average molecular weight is 352 g/mol. The molecule has 0 aliphatic carbocycles. The van der Waals surface area contributed by atoms with Crippen LogP contribution in [0, 0.1) is 0 Å². The summed E-state index contributed by atoms with van der Waals surface area (Å²) in [5, 5.41) is 8.87. The smallest absolute Gasteiger partial charge is 0.244 e. The Bertz CT molecular complexity index is 845. The normalized spacial score (nSPS) is 17.3. The SMILES string of the molecule is CCCCCCCn1ccc2c(-c3noc(C4CCCN4)n3)cccc21. The Balaban J connectivity index is 1.53. The topological polar surface area (TPSA) is 55.9 Å². The number of benzene rings is 1. The van der Waals surface area contributed by atoms with Gasteiger partial charge in [0.1, 0.15) is 0 Å². The Hall–Kier alpha value is -2.14. The molecule has 1 saturated heterocycles. The molecule has 1 atom stereocenters. The summed E-state index contributed by atoms with van der Waals surface area (Å²) in [6.45, 7) is 4.35. The van der Waals surface area contributed by atoms with Crippen LogP contribution in [-0.4, -0.2) is 21.3 Å². The van der Waals surface area contributed by atoms with E-state index in [1.165, 1.54) is 49.4 Å². The van der Waals surface area contributed by atoms with Crippen molar-refractivity contribution in [3.05, 3.63) is 36.4 Å². The van der Waals surface area contributed by atoms with Crippen molar-refractivity contribution in [1.29, 1.82) is 0 Å². The molecule has 5 heteroatoms. The van der Waals surface area contributed by atoms with Crippen molar-refractivity contribution in [2.75, 3.05) is 6.54 Å². The van der Waals surface area contributed by atoms with Gasteiger partial charge in [0.25, 0.3) is 0 Å². The van der Waals surface area contributed by atoms with E-state index in [-0.39, 0.29) is 6.04 Å². The van der Waals surface area contributed by atoms with Gasteiger partial charge in [-0.1, -0.05) is 49.9 Å². The number of hydrogen-bond donors (Lipinski definition) is 1. The highest BCUT2D eigenvalue weighted by molar-refractivity contribution is 5.93. The lowest BCUT2D eigenvalue weighted by Gasteiger charge is -2.06. The quantitative estimate of drug-likeness (QED) is 0.574. The Morgan fingerprint density at radius 2 is 2.12 bits per heavy atom.